The minimum absolute atomic E-state index is 0.404. The lowest BCUT2D eigenvalue weighted by atomic mass is 10.1. The van der Waals surface area contributed by atoms with E-state index in [0.29, 0.717) is 32.5 Å². The van der Waals surface area contributed by atoms with E-state index in [1.807, 2.05) is 0 Å². The van der Waals surface area contributed by atoms with E-state index in [1.54, 1.807) is 7.11 Å². The van der Waals surface area contributed by atoms with Crippen molar-refractivity contribution in [2.24, 2.45) is 11.7 Å². The highest BCUT2D eigenvalue weighted by Gasteiger charge is 2.27. The Kier molecular flexibility index (Phi) is 7.76. The fourth-order valence-corrected chi connectivity index (χ4v) is 1.65. The molecule has 1 unspecified atom stereocenters. The van der Waals surface area contributed by atoms with Crippen molar-refractivity contribution in [2.45, 2.75) is 31.7 Å². The highest BCUT2D eigenvalue weighted by molar-refractivity contribution is 4.83. The fourth-order valence-electron chi connectivity index (χ4n) is 1.65. The van der Waals surface area contributed by atoms with Gasteiger partial charge in [-0.1, -0.05) is 0 Å². The second-order valence-corrected chi connectivity index (χ2v) is 4.36. The first-order valence-electron chi connectivity index (χ1n) is 6.24. The van der Waals surface area contributed by atoms with Gasteiger partial charge in [-0.2, -0.15) is 0 Å². The van der Waals surface area contributed by atoms with Crippen LogP contribution in [0.4, 0.5) is 0 Å². The molecule has 4 nitrogen and oxygen atoms in total. The molecule has 1 atom stereocenters. The molecule has 0 aromatic rings. The molecule has 2 N–H and O–H groups in total. The molecule has 1 aliphatic rings. The summed E-state index contributed by atoms with van der Waals surface area (Å²) in [5, 5.41) is 0. The lowest BCUT2D eigenvalue weighted by molar-refractivity contribution is 0.0237. The molecule has 16 heavy (non-hydrogen) atoms. The quantitative estimate of drug-likeness (QED) is 0.543. The van der Waals surface area contributed by atoms with Gasteiger partial charge in [0.25, 0.3) is 0 Å². The second kappa shape index (κ2) is 8.93. The van der Waals surface area contributed by atoms with Gasteiger partial charge in [-0.15, -0.1) is 0 Å². The summed E-state index contributed by atoms with van der Waals surface area (Å²) in [5.74, 6) is 0.803. The van der Waals surface area contributed by atoms with Crippen molar-refractivity contribution in [3.8, 4) is 0 Å². The Morgan fingerprint density at radius 3 is 2.31 bits per heavy atom. The Balaban J connectivity index is 1.71. The van der Waals surface area contributed by atoms with E-state index in [-0.39, 0.29) is 0 Å². The Labute approximate surface area is 98.4 Å². The summed E-state index contributed by atoms with van der Waals surface area (Å²) in [5.41, 5.74) is 5.98. The summed E-state index contributed by atoms with van der Waals surface area (Å²) >= 11 is 0. The number of hydrogen-bond donors (Lipinski definition) is 1. The molecule has 0 radical (unpaired) electrons. The maximum absolute atomic E-state index is 5.98. The zero-order valence-corrected chi connectivity index (χ0v) is 10.3. The SMILES string of the molecule is COCCOCCOCCCC(N)C1CC1. The third-order valence-electron chi connectivity index (χ3n) is 2.86. The zero-order valence-electron chi connectivity index (χ0n) is 10.3. The topological polar surface area (TPSA) is 53.7 Å². The van der Waals surface area contributed by atoms with Gasteiger partial charge in [0, 0.05) is 19.8 Å². The van der Waals surface area contributed by atoms with Crippen LogP contribution in [0, 0.1) is 5.92 Å². The van der Waals surface area contributed by atoms with Crippen LogP contribution in [0.25, 0.3) is 0 Å². The van der Waals surface area contributed by atoms with E-state index in [1.165, 1.54) is 12.8 Å². The monoisotopic (exact) mass is 231 g/mol. The lowest BCUT2D eigenvalue weighted by Crippen LogP contribution is -2.22. The number of ether oxygens (including phenoxy) is 3. The number of methoxy groups -OCH3 is 1. The molecule has 0 amide bonds. The van der Waals surface area contributed by atoms with Gasteiger partial charge in [0.15, 0.2) is 0 Å². The van der Waals surface area contributed by atoms with Gasteiger partial charge in [0.05, 0.1) is 26.4 Å². The molecule has 96 valence electrons. The van der Waals surface area contributed by atoms with Crippen LogP contribution < -0.4 is 5.73 Å². The van der Waals surface area contributed by atoms with Crippen LogP contribution in [0.5, 0.6) is 0 Å². The lowest BCUT2D eigenvalue weighted by Gasteiger charge is -2.10. The van der Waals surface area contributed by atoms with Crippen molar-refractivity contribution < 1.29 is 14.2 Å². The predicted octanol–water partition coefficient (Wildman–Crippen LogP) is 1.18. The molecule has 1 fully saturated rings. The standard InChI is InChI=1S/C12H25NO3/c1-14-7-8-16-10-9-15-6-2-3-12(13)11-4-5-11/h11-12H,2-10,13H2,1H3. The van der Waals surface area contributed by atoms with Crippen LogP contribution in [0.3, 0.4) is 0 Å². The van der Waals surface area contributed by atoms with Gasteiger partial charge in [-0.05, 0) is 31.6 Å². The third kappa shape index (κ3) is 7.17. The summed E-state index contributed by atoms with van der Waals surface area (Å²) < 4.78 is 15.6. The van der Waals surface area contributed by atoms with E-state index < -0.39 is 0 Å². The zero-order chi connectivity index (χ0) is 11.6. The van der Waals surface area contributed by atoms with Crippen molar-refractivity contribution in [1.82, 2.24) is 0 Å². The highest BCUT2D eigenvalue weighted by Crippen LogP contribution is 2.33. The average molecular weight is 231 g/mol. The van der Waals surface area contributed by atoms with Crippen molar-refractivity contribution in [3.05, 3.63) is 0 Å². The van der Waals surface area contributed by atoms with Crippen LogP contribution in [-0.2, 0) is 14.2 Å². The van der Waals surface area contributed by atoms with E-state index in [4.69, 9.17) is 19.9 Å². The summed E-state index contributed by atoms with van der Waals surface area (Å²) in [4.78, 5) is 0. The third-order valence-corrected chi connectivity index (χ3v) is 2.86. The molecule has 4 heteroatoms. The molecule has 0 aromatic heterocycles. The van der Waals surface area contributed by atoms with E-state index in [2.05, 4.69) is 0 Å². The van der Waals surface area contributed by atoms with Gasteiger partial charge in [0.1, 0.15) is 0 Å². The van der Waals surface area contributed by atoms with Gasteiger partial charge in [-0.25, -0.2) is 0 Å². The first-order valence-corrected chi connectivity index (χ1v) is 6.24. The molecular formula is C12H25NO3. The first-order chi connectivity index (χ1) is 7.84. The van der Waals surface area contributed by atoms with Crippen molar-refractivity contribution in [1.29, 1.82) is 0 Å². The number of rotatable bonds is 11. The molecule has 1 aliphatic carbocycles. The minimum atomic E-state index is 0.404. The molecule has 0 aliphatic heterocycles. The van der Waals surface area contributed by atoms with E-state index in [9.17, 15) is 0 Å². The van der Waals surface area contributed by atoms with Crippen LogP contribution in [-0.4, -0.2) is 46.2 Å². The number of nitrogens with two attached hydrogens (primary N) is 1. The maximum Gasteiger partial charge on any atom is 0.0701 e. The summed E-state index contributed by atoms with van der Waals surface area (Å²) in [6.45, 7) is 3.41. The highest BCUT2D eigenvalue weighted by atomic mass is 16.5. The van der Waals surface area contributed by atoms with Crippen molar-refractivity contribution >= 4 is 0 Å². The van der Waals surface area contributed by atoms with Gasteiger partial charge in [0.2, 0.25) is 0 Å². The van der Waals surface area contributed by atoms with E-state index in [0.717, 1.165) is 25.4 Å². The summed E-state index contributed by atoms with van der Waals surface area (Å²) in [7, 11) is 1.67. The molecule has 0 bridgehead atoms. The summed E-state index contributed by atoms with van der Waals surface area (Å²) in [6, 6.07) is 0.404. The largest absolute Gasteiger partial charge is 0.382 e. The predicted molar refractivity (Wildman–Crippen MR) is 63.4 cm³/mol. The summed E-state index contributed by atoms with van der Waals surface area (Å²) in [6.07, 6.45) is 4.82. The maximum atomic E-state index is 5.98. The molecular weight excluding hydrogens is 206 g/mol. The molecule has 1 rings (SSSR count). The smallest absolute Gasteiger partial charge is 0.0701 e. The normalized spacial score (nSPS) is 17.6. The molecule has 0 spiro atoms. The minimum Gasteiger partial charge on any atom is -0.382 e. The molecule has 0 saturated heterocycles. The van der Waals surface area contributed by atoms with Crippen LogP contribution >= 0.6 is 0 Å². The Hall–Kier alpha value is -0.160. The number of hydrogen-bond acceptors (Lipinski definition) is 4. The Bertz CT molecular complexity index is 162. The average Bonchev–Trinajstić information content (AvgIpc) is 3.10. The van der Waals surface area contributed by atoms with Gasteiger partial charge < -0.3 is 19.9 Å². The van der Waals surface area contributed by atoms with Gasteiger partial charge >= 0.3 is 0 Å². The van der Waals surface area contributed by atoms with Crippen LogP contribution in [0.1, 0.15) is 25.7 Å². The van der Waals surface area contributed by atoms with E-state index >= 15 is 0 Å². The Morgan fingerprint density at radius 1 is 1.06 bits per heavy atom. The van der Waals surface area contributed by atoms with Crippen LogP contribution in [0.2, 0.25) is 0 Å². The second-order valence-electron chi connectivity index (χ2n) is 4.36. The molecule has 0 heterocycles. The first kappa shape index (κ1) is 13.9. The van der Waals surface area contributed by atoms with Crippen molar-refractivity contribution in [3.63, 3.8) is 0 Å². The van der Waals surface area contributed by atoms with Crippen LogP contribution in [0.15, 0.2) is 0 Å². The fraction of sp³-hybridized carbons (Fsp3) is 1.00. The van der Waals surface area contributed by atoms with Crippen molar-refractivity contribution in [2.75, 3.05) is 40.1 Å². The Morgan fingerprint density at radius 2 is 1.69 bits per heavy atom. The molecule has 0 aromatic carbocycles. The van der Waals surface area contributed by atoms with Gasteiger partial charge in [-0.3, -0.25) is 0 Å². The molecule has 1 saturated carbocycles.